The first-order valence-electron chi connectivity index (χ1n) is 11.6. The molecule has 0 aromatic heterocycles. The molecule has 188 valence electrons. The van der Waals surface area contributed by atoms with Crippen LogP contribution in [0.4, 0.5) is 11.4 Å². The Bertz CT molecular complexity index is 1410. The molecule has 36 heavy (non-hydrogen) atoms. The second-order valence-corrected chi connectivity index (χ2v) is 10.5. The Kier molecular flexibility index (Phi) is 7.42. The molecule has 1 aliphatic rings. The monoisotopic (exact) mass is 507 g/mol. The highest BCUT2D eigenvalue weighted by atomic mass is 32.2. The highest BCUT2D eigenvalue weighted by molar-refractivity contribution is 7.92. The third-order valence-electron chi connectivity index (χ3n) is 6.08. The number of sulfonamides is 1. The minimum absolute atomic E-state index is 0.00809. The highest BCUT2D eigenvalue weighted by Crippen LogP contribution is 2.25. The summed E-state index contributed by atoms with van der Waals surface area (Å²) in [6.07, 6.45) is 0. The van der Waals surface area contributed by atoms with Crippen molar-refractivity contribution in [2.24, 2.45) is 0 Å². The number of morpholine rings is 1. The quantitative estimate of drug-likeness (QED) is 0.522. The highest BCUT2D eigenvalue weighted by Gasteiger charge is 2.23. The lowest BCUT2D eigenvalue weighted by atomic mass is 10.1. The summed E-state index contributed by atoms with van der Waals surface area (Å²) in [5.41, 5.74) is 3.59. The molecule has 2 amide bonds. The van der Waals surface area contributed by atoms with Crippen LogP contribution in [-0.2, 0) is 14.8 Å². The lowest BCUT2D eigenvalue weighted by Crippen LogP contribution is -2.41. The molecule has 3 aromatic carbocycles. The Morgan fingerprint density at radius 2 is 1.56 bits per heavy atom. The zero-order valence-corrected chi connectivity index (χ0v) is 21.3. The van der Waals surface area contributed by atoms with Gasteiger partial charge in [0.2, 0.25) is 0 Å². The standard InChI is InChI=1S/C27H29N3O5S/c1-18-8-9-19(2)24(16-18)29-36(33,34)25-17-21(11-10-20(25)3)26(31)28-23-7-5-4-6-22(23)27(32)30-12-14-35-15-13-30/h4-11,16-17,29H,12-15H2,1-3H3,(H,28,31). The van der Waals surface area contributed by atoms with Crippen LogP contribution in [0.1, 0.15) is 37.4 Å². The lowest BCUT2D eigenvalue weighted by molar-refractivity contribution is 0.0303. The van der Waals surface area contributed by atoms with Gasteiger partial charge in [-0.15, -0.1) is 0 Å². The third kappa shape index (κ3) is 5.58. The summed E-state index contributed by atoms with van der Waals surface area (Å²) in [6.45, 7) is 7.28. The van der Waals surface area contributed by atoms with Crippen LogP contribution in [0.5, 0.6) is 0 Å². The zero-order chi connectivity index (χ0) is 25.9. The number of hydrogen-bond acceptors (Lipinski definition) is 5. The van der Waals surface area contributed by atoms with E-state index >= 15 is 0 Å². The molecule has 9 heteroatoms. The number of carbonyl (C=O) groups is 2. The molecule has 0 spiro atoms. The number of anilines is 2. The molecule has 0 atom stereocenters. The van der Waals surface area contributed by atoms with Crippen LogP contribution < -0.4 is 10.0 Å². The second-order valence-electron chi connectivity index (χ2n) is 8.81. The molecule has 0 bridgehead atoms. The van der Waals surface area contributed by atoms with Crippen molar-refractivity contribution in [3.8, 4) is 0 Å². The van der Waals surface area contributed by atoms with Crippen molar-refractivity contribution in [3.05, 3.63) is 88.5 Å². The Morgan fingerprint density at radius 3 is 2.31 bits per heavy atom. The molecule has 1 aliphatic heterocycles. The van der Waals surface area contributed by atoms with Crippen LogP contribution in [0.25, 0.3) is 0 Å². The molecule has 8 nitrogen and oxygen atoms in total. The number of ether oxygens (including phenoxy) is 1. The predicted molar refractivity (Wildman–Crippen MR) is 139 cm³/mol. The Hall–Kier alpha value is -3.69. The first-order valence-corrected chi connectivity index (χ1v) is 13.1. The third-order valence-corrected chi connectivity index (χ3v) is 7.59. The van der Waals surface area contributed by atoms with Crippen molar-refractivity contribution in [2.45, 2.75) is 25.7 Å². The summed E-state index contributed by atoms with van der Waals surface area (Å²) in [6, 6.07) is 16.8. The Labute approximate surface area is 211 Å². The van der Waals surface area contributed by atoms with Crippen LogP contribution in [-0.4, -0.2) is 51.4 Å². The molecule has 3 aromatic rings. The average molecular weight is 508 g/mol. The van der Waals surface area contributed by atoms with Crippen LogP contribution in [0.3, 0.4) is 0 Å². The minimum atomic E-state index is -3.95. The van der Waals surface area contributed by atoms with Gasteiger partial charge in [-0.25, -0.2) is 8.42 Å². The molecule has 2 N–H and O–H groups in total. The number of benzene rings is 3. The Morgan fingerprint density at radius 1 is 0.861 bits per heavy atom. The van der Waals surface area contributed by atoms with Crippen molar-refractivity contribution in [1.82, 2.24) is 4.90 Å². The SMILES string of the molecule is Cc1ccc(C)c(NS(=O)(=O)c2cc(C(=O)Nc3ccccc3C(=O)N3CCOCC3)ccc2C)c1. The summed E-state index contributed by atoms with van der Waals surface area (Å²) in [5.74, 6) is -0.709. The van der Waals surface area contributed by atoms with E-state index in [2.05, 4.69) is 10.0 Å². The van der Waals surface area contributed by atoms with E-state index in [1.54, 1.807) is 54.3 Å². The largest absolute Gasteiger partial charge is 0.378 e. The van der Waals surface area contributed by atoms with Gasteiger partial charge in [0.1, 0.15) is 0 Å². The van der Waals surface area contributed by atoms with Gasteiger partial charge in [0, 0.05) is 18.7 Å². The maximum absolute atomic E-state index is 13.2. The van der Waals surface area contributed by atoms with Gasteiger partial charge in [-0.2, -0.15) is 0 Å². The summed E-state index contributed by atoms with van der Waals surface area (Å²) in [5, 5.41) is 2.78. The number of carbonyl (C=O) groups excluding carboxylic acids is 2. The van der Waals surface area contributed by atoms with Crippen molar-refractivity contribution in [1.29, 1.82) is 0 Å². The maximum atomic E-state index is 13.2. The fraction of sp³-hybridized carbons (Fsp3) is 0.259. The normalized spacial score (nSPS) is 13.8. The van der Waals surface area contributed by atoms with E-state index in [1.807, 2.05) is 26.0 Å². The number of hydrogen-bond donors (Lipinski definition) is 2. The summed E-state index contributed by atoms with van der Waals surface area (Å²) >= 11 is 0. The van der Waals surface area contributed by atoms with Gasteiger partial charge < -0.3 is 15.0 Å². The van der Waals surface area contributed by atoms with Gasteiger partial charge in [0.25, 0.3) is 21.8 Å². The Balaban J connectivity index is 1.59. The van der Waals surface area contributed by atoms with E-state index in [1.165, 1.54) is 6.07 Å². The molecule has 1 fully saturated rings. The number of aryl methyl sites for hydroxylation is 3. The smallest absolute Gasteiger partial charge is 0.262 e. The van der Waals surface area contributed by atoms with Gasteiger partial charge in [-0.3, -0.25) is 14.3 Å². The number of nitrogens with one attached hydrogen (secondary N) is 2. The van der Waals surface area contributed by atoms with Crippen LogP contribution in [0.15, 0.2) is 65.6 Å². The van der Waals surface area contributed by atoms with Crippen LogP contribution in [0, 0.1) is 20.8 Å². The van der Waals surface area contributed by atoms with Crippen molar-refractivity contribution in [2.75, 3.05) is 36.3 Å². The summed E-state index contributed by atoms with van der Waals surface area (Å²) < 4.78 is 34.4. The minimum Gasteiger partial charge on any atom is -0.378 e. The van der Waals surface area contributed by atoms with Crippen molar-refractivity contribution < 1.29 is 22.7 Å². The number of rotatable bonds is 6. The topological polar surface area (TPSA) is 105 Å². The number of para-hydroxylation sites is 1. The van der Waals surface area contributed by atoms with Crippen molar-refractivity contribution >= 4 is 33.2 Å². The first-order chi connectivity index (χ1) is 17.2. The molecule has 0 aliphatic carbocycles. The number of amides is 2. The lowest BCUT2D eigenvalue weighted by Gasteiger charge is -2.27. The molecule has 1 saturated heterocycles. The van der Waals surface area contributed by atoms with E-state index in [-0.39, 0.29) is 16.4 Å². The maximum Gasteiger partial charge on any atom is 0.262 e. The second kappa shape index (κ2) is 10.5. The number of nitrogens with zero attached hydrogens (tertiary/aromatic N) is 1. The summed E-state index contributed by atoms with van der Waals surface area (Å²) in [7, 11) is -3.95. The van der Waals surface area contributed by atoms with E-state index in [9.17, 15) is 18.0 Å². The molecule has 4 rings (SSSR count). The molecular formula is C27H29N3O5S. The average Bonchev–Trinajstić information content (AvgIpc) is 2.86. The van der Waals surface area contributed by atoms with Crippen LogP contribution >= 0.6 is 0 Å². The fourth-order valence-electron chi connectivity index (χ4n) is 3.99. The van der Waals surface area contributed by atoms with Gasteiger partial charge in [0.05, 0.1) is 35.0 Å². The predicted octanol–water partition coefficient (Wildman–Crippen LogP) is 4.14. The molecule has 0 saturated carbocycles. The summed E-state index contributed by atoms with van der Waals surface area (Å²) in [4.78, 5) is 27.9. The van der Waals surface area contributed by atoms with Crippen LogP contribution in [0.2, 0.25) is 0 Å². The molecular weight excluding hydrogens is 478 g/mol. The van der Waals surface area contributed by atoms with Gasteiger partial charge in [0.15, 0.2) is 0 Å². The van der Waals surface area contributed by atoms with Gasteiger partial charge in [-0.1, -0.05) is 30.3 Å². The first kappa shape index (κ1) is 25.4. The van der Waals surface area contributed by atoms with E-state index in [4.69, 9.17) is 4.74 Å². The van der Waals surface area contributed by atoms with E-state index in [0.29, 0.717) is 48.8 Å². The van der Waals surface area contributed by atoms with E-state index < -0.39 is 15.9 Å². The van der Waals surface area contributed by atoms with Gasteiger partial charge >= 0.3 is 0 Å². The van der Waals surface area contributed by atoms with E-state index in [0.717, 1.165) is 11.1 Å². The van der Waals surface area contributed by atoms with Gasteiger partial charge in [-0.05, 0) is 67.8 Å². The van der Waals surface area contributed by atoms with Crippen molar-refractivity contribution in [3.63, 3.8) is 0 Å². The molecule has 0 unspecified atom stereocenters. The zero-order valence-electron chi connectivity index (χ0n) is 20.5. The fourth-order valence-corrected chi connectivity index (χ4v) is 5.38. The molecule has 0 radical (unpaired) electrons. The molecule has 1 heterocycles.